The molecule has 0 aromatic rings. The highest BCUT2D eigenvalue weighted by Crippen LogP contribution is 1.88. The zero-order valence-corrected chi connectivity index (χ0v) is 7.36. The number of carbonyl (C=O) groups is 1. The summed E-state index contributed by atoms with van der Waals surface area (Å²) in [6.45, 7) is 4.03. The van der Waals surface area contributed by atoms with Crippen molar-refractivity contribution in [2.75, 3.05) is 5.33 Å². The van der Waals surface area contributed by atoms with Crippen LogP contribution in [0.4, 0.5) is 0 Å². The zero-order valence-electron chi connectivity index (χ0n) is 5.78. The lowest BCUT2D eigenvalue weighted by Gasteiger charge is -2.08. The van der Waals surface area contributed by atoms with Gasteiger partial charge in [0.25, 0.3) is 0 Å². The lowest BCUT2D eigenvalue weighted by molar-refractivity contribution is -0.119. The number of hydrogen-bond acceptors (Lipinski definition) is 1. The van der Waals surface area contributed by atoms with Crippen molar-refractivity contribution in [3.63, 3.8) is 0 Å². The van der Waals surface area contributed by atoms with Crippen LogP contribution in [-0.4, -0.2) is 17.3 Å². The number of rotatable bonds is 3. The predicted molar refractivity (Wildman–Crippen MR) is 41.7 cm³/mol. The maximum atomic E-state index is 10.6. The van der Waals surface area contributed by atoms with Crippen molar-refractivity contribution in [2.24, 2.45) is 0 Å². The molecule has 0 aliphatic carbocycles. The van der Waals surface area contributed by atoms with Crippen LogP contribution in [0.25, 0.3) is 0 Å². The first-order chi connectivity index (χ1) is 4.20. The Morgan fingerprint density at radius 1 is 1.78 bits per heavy atom. The number of halogens is 1. The smallest absolute Gasteiger partial charge is 0.230 e. The molecule has 3 heteroatoms. The van der Waals surface area contributed by atoms with Crippen molar-refractivity contribution in [3.8, 4) is 0 Å². The molecule has 0 rings (SSSR count). The summed E-state index contributed by atoms with van der Waals surface area (Å²) >= 11 is 3.06. The molecular formula is C6H12BrNO. The number of amides is 1. The molecule has 0 aliphatic rings. The van der Waals surface area contributed by atoms with Crippen LogP contribution in [0, 0.1) is 0 Å². The van der Waals surface area contributed by atoms with Gasteiger partial charge in [0.05, 0.1) is 5.33 Å². The number of alkyl halides is 1. The molecule has 54 valence electrons. The average molecular weight is 194 g/mol. The van der Waals surface area contributed by atoms with Crippen LogP contribution in [-0.2, 0) is 4.79 Å². The van der Waals surface area contributed by atoms with Gasteiger partial charge in [-0.25, -0.2) is 0 Å². The molecule has 0 saturated carbocycles. The normalized spacial score (nSPS) is 12.8. The van der Waals surface area contributed by atoms with Gasteiger partial charge >= 0.3 is 0 Å². The van der Waals surface area contributed by atoms with Gasteiger partial charge < -0.3 is 5.32 Å². The molecule has 1 atom stereocenters. The summed E-state index contributed by atoms with van der Waals surface area (Å²) in [4.78, 5) is 10.6. The Balaban J connectivity index is 3.34. The second-order valence-electron chi connectivity index (χ2n) is 2.01. The molecule has 1 unspecified atom stereocenters. The largest absolute Gasteiger partial charge is 0.353 e. The number of nitrogens with one attached hydrogen (secondary N) is 1. The van der Waals surface area contributed by atoms with E-state index >= 15 is 0 Å². The van der Waals surface area contributed by atoms with Gasteiger partial charge in [-0.2, -0.15) is 0 Å². The van der Waals surface area contributed by atoms with Gasteiger partial charge in [0.2, 0.25) is 5.91 Å². The highest BCUT2D eigenvalue weighted by atomic mass is 79.9. The first-order valence-corrected chi connectivity index (χ1v) is 4.18. The Morgan fingerprint density at radius 3 is 2.67 bits per heavy atom. The SMILES string of the molecule is CCC(C)NC(=O)CBr. The quantitative estimate of drug-likeness (QED) is 0.674. The summed E-state index contributed by atoms with van der Waals surface area (Å²) in [5, 5.41) is 3.19. The molecular weight excluding hydrogens is 182 g/mol. The van der Waals surface area contributed by atoms with Gasteiger partial charge in [-0.1, -0.05) is 22.9 Å². The molecule has 0 saturated heterocycles. The second-order valence-corrected chi connectivity index (χ2v) is 2.57. The molecule has 0 fully saturated rings. The van der Waals surface area contributed by atoms with E-state index in [1.165, 1.54) is 0 Å². The predicted octanol–water partition coefficient (Wildman–Crippen LogP) is 1.30. The van der Waals surface area contributed by atoms with Gasteiger partial charge in [-0.3, -0.25) is 4.79 Å². The molecule has 0 bridgehead atoms. The molecule has 0 aromatic heterocycles. The van der Waals surface area contributed by atoms with E-state index in [-0.39, 0.29) is 5.91 Å². The molecule has 0 radical (unpaired) electrons. The van der Waals surface area contributed by atoms with Crippen molar-refractivity contribution in [3.05, 3.63) is 0 Å². The minimum atomic E-state index is 0.0596. The molecule has 0 heterocycles. The van der Waals surface area contributed by atoms with Crippen molar-refractivity contribution >= 4 is 21.8 Å². The first kappa shape index (κ1) is 8.95. The van der Waals surface area contributed by atoms with Crippen LogP contribution >= 0.6 is 15.9 Å². The summed E-state index contributed by atoms with van der Waals surface area (Å²) in [6, 6.07) is 0.301. The van der Waals surface area contributed by atoms with Crippen molar-refractivity contribution in [1.29, 1.82) is 0 Å². The summed E-state index contributed by atoms with van der Waals surface area (Å²) in [7, 11) is 0. The zero-order chi connectivity index (χ0) is 7.28. The Kier molecular flexibility index (Phi) is 4.77. The Labute approximate surface area is 64.1 Å². The fourth-order valence-corrected chi connectivity index (χ4v) is 0.577. The van der Waals surface area contributed by atoms with Crippen LogP contribution in [0.5, 0.6) is 0 Å². The first-order valence-electron chi connectivity index (χ1n) is 3.06. The molecule has 0 aliphatic heterocycles. The van der Waals surface area contributed by atoms with E-state index < -0.39 is 0 Å². The number of hydrogen-bond donors (Lipinski definition) is 1. The fraction of sp³-hybridized carbons (Fsp3) is 0.833. The van der Waals surface area contributed by atoms with E-state index in [2.05, 4.69) is 21.2 Å². The van der Waals surface area contributed by atoms with Gasteiger partial charge in [0, 0.05) is 6.04 Å². The third-order valence-electron chi connectivity index (χ3n) is 1.14. The maximum absolute atomic E-state index is 10.6. The summed E-state index contributed by atoms with van der Waals surface area (Å²) in [5.74, 6) is 0.0596. The van der Waals surface area contributed by atoms with Gasteiger partial charge in [-0.05, 0) is 13.3 Å². The van der Waals surface area contributed by atoms with E-state index in [1.54, 1.807) is 0 Å². The van der Waals surface area contributed by atoms with Crippen LogP contribution in [0.2, 0.25) is 0 Å². The third kappa shape index (κ3) is 4.45. The van der Waals surface area contributed by atoms with E-state index in [4.69, 9.17) is 0 Å². The summed E-state index contributed by atoms with van der Waals surface area (Å²) in [5.41, 5.74) is 0. The molecule has 0 spiro atoms. The lowest BCUT2D eigenvalue weighted by Crippen LogP contribution is -2.32. The van der Waals surface area contributed by atoms with Crippen LogP contribution in [0.3, 0.4) is 0 Å². The summed E-state index contributed by atoms with van der Waals surface area (Å²) in [6.07, 6.45) is 0.985. The Bertz CT molecular complexity index is 95.1. The third-order valence-corrected chi connectivity index (χ3v) is 1.65. The second kappa shape index (κ2) is 4.79. The van der Waals surface area contributed by atoms with Crippen LogP contribution < -0.4 is 5.32 Å². The molecule has 1 amide bonds. The highest BCUT2D eigenvalue weighted by Gasteiger charge is 2.01. The van der Waals surface area contributed by atoms with Crippen molar-refractivity contribution in [2.45, 2.75) is 26.3 Å². The monoisotopic (exact) mass is 193 g/mol. The molecule has 0 aromatic carbocycles. The Morgan fingerprint density at radius 2 is 2.33 bits per heavy atom. The standard InChI is InChI=1S/C6H12BrNO/c1-3-5(2)8-6(9)4-7/h5H,3-4H2,1-2H3,(H,8,9). The van der Waals surface area contributed by atoms with E-state index in [0.717, 1.165) is 6.42 Å². The summed E-state index contributed by atoms with van der Waals surface area (Å²) < 4.78 is 0. The van der Waals surface area contributed by atoms with E-state index in [0.29, 0.717) is 11.4 Å². The lowest BCUT2D eigenvalue weighted by atomic mass is 10.3. The van der Waals surface area contributed by atoms with Crippen LogP contribution in [0.1, 0.15) is 20.3 Å². The topological polar surface area (TPSA) is 29.1 Å². The molecule has 9 heavy (non-hydrogen) atoms. The molecule has 2 nitrogen and oxygen atoms in total. The minimum Gasteiger partial charge on any atom is -0.353 e. The van der Waals surface area contributed by atoms with Crippen LogP contribution in [0.15, 0.2) is 0 Å². The number of carbonyl (C=O) groups excluding carboxylic acids is 1. The molecule has 1 N–H and O–H groups in total. The van der Waals surface area contributed by atoms with Gasteiger partial charge in [0.1, 0.15) is 0 Å². The highest BCUT2D eigenvalue weighted by molar-refractivity contribution is 9.09. The van der Waals surface area contributed by atoms with Crippen molar-refractivity contribution in [1.82, 2.24) is 5.32 Å². The Hall–Kier alpha value is -0.0500. The maximum Gasteiger partial charge on any atom is 0.230 e. The minimum absolute atomic E-state index is 0.0596. The van der Waals surface area contributed by atoms with Crippen molar-refractivity contribution < 1.29 is 4.79 Å². The van der Waals surface area contributed by atoms with E-state index in [1.807, 2.05) is 13.8 Å². The van der Waals surface area contributed by atoms with Gasteiger partial charge in [0.15, 0.2) is 0 Å². The van der Waals surface area contributed by atoms with Gasteiger partial charge in [-0.15, -0.1) is 0 Å². The van der Waals surface area contributed by atoms with E-state index in [9.17, 15) is 4.79 Å². The fourth-order valence-electron chi connectivity index (χ4n) is 0.415. The average Bonchev–Trinajstić information content (AvgIpc) is 1.87.